The molecule has 17 heavy (non-hydrogen) atoms. The van der Waals surface area contributed by atoms with Crippen LogP contribution in [-0.2, 0) is 4.74 Å². The first-order valence-corrected chi connectivity index (χ1v) is 5.43. The average Bonchev–Trinajstić information content (AvgIpc) is 2.82. The predicted octanol–water partition coefficient (Wildman–Crippen LogP) is 1.23. The van der Waals surface area contributed by atoms with E-state index < -0.39 is 0 Å². The summed E-state index contributed by atoms with van der Waals surface area (Å²) in [5.74, 6) is 0. The third kappa shape index (κ3) is 3.40. The lowest BCUT2D eigenvalue weighted by molar-refractivity contribution is -0.426. The van der Waals surface area contributed by atoms with Crippen molar-refractivity contribution < 1.29 is 14.1 Å². The summed E-state index contributed by atoms with van der Waals surface area (Å²) in [7, 11) is 0. The molecule has 0 amide bonds. The summed E-state index contributed by atoms with van der Waals surface area (Å²) in [5.41, 5.74) is 0.887. The molecule has 0 spiro atoms. The van der Waals surface area contributed by atoms with Crippen LogP contribution in [0.3, 0.4) is 0 Å². The van der Waals surface area contributed by atoms with E-state index in [4.69, 9.17) is 9.15 Å². The van der Waals surface area contributed by atoms with Crippen molar-refractivity contribution in [2.24, 2.45) is 0 Å². The molecule has 0 bridgehead atoms. The largest absolute Gasteiger partial charge is 0.472 e. The molecule has 1 fully saturated rings. The lowest BCUT2D eigenvalue weighted by Gasteiger charge is -2.25. The van der Waals surface area contributed by atoms with E-state index in [0.717, 1.165) is 13.1 Å². The van der Waals surface area contributed by atoms with Gasteiger partial charge in [-0.15, -0.1) is 0 Å². The van der Waals surface area contributed by atoms with Crippen LogP contribution in [0.2, 0.25) is 0 Å². The summed E-state index contributed by atoms with van der Waals surface area (Å²) < 4.78 is 10.1. The van der Waals surface area contributed by atoms with Gasteiger partial charge in [0.05, 0.1) is 37.2 Å². The van der Waals surface area contributed by atoms with Crippen LogP contribution in [0.25, 0.3) is 6.08 Å². The Morgan fingerprint density at radius 2 is 2.29 bits per heavy atom. The highest BCUT2D eigenvalue weighted by molar-refractivity contribution is 5.49. The fourth-order valence-electron chi connectivity index (χ4n) is 1.69. The summed E-state index contributed by atoms with van der Waals surface area (Å²) in [6.07, 6.45) is 4.53. The van der Waals surface area contributed by atoms with Crippen molar-refractivity contribution >= 4 is 6.08 Å². The highest BCUT2D eigenvalue weighted by Crippen LogP contribution is 2.10. The highest BCUT2D eigenvalue weighted by atomic mass is 16.6. The molecule has 0 aromatic carbocycles. The van der Waals surface area contributed by atoms with Crippen LogP contribution in [0.15, 0.2) is 28.7 Å². The average molecular weight is 238 g/mol. The Hall–Kier alpha value is -1.66. The van der Waals surface area contributed by atoms with Crippen LogP contribution in [0.4, 0.5) is 0 Å². The Balaban J connectivity index is 2.04. The summed E-state index contributed by atoms with van der Waals surface area (Å²) in [6, 6.07) is 1.70. The van der Waals surface area contributed by atoms with Crippen LogP contribution >= 0.6 is 0 Å². The molecule has 0 aliphatic carbocycles. The van der Waals surface area contributed by atoms with Gasteiger partial charge in [-0.3, -0.25) is 15.0 Å². The first kappa shape index (κ1) is 11.8. The maximum Gasteiger partial charge on any atom is 0.260 e. The Labute approximate surface area is 98.6 Å². The Kier molecular flexibility index (Phi) is 3.89. The monoisotopic (exact) mass is 238 g/mol. The summed E-state index contributed by atoms with van der Waals surface area (Å²) in [4.78, 5) is 12.6. The normalized spacial score (nSPS) is 18.2. The molecule has 1 aliphatic rings. The molecule has 0 N–H and O–H groups in total. The number of hydrogen-bond donors (Lipinski definition) is 0. The van der Waals surface area contributed by atoms with Crippen LogP contribution < -0.4 is 0 Å². The van der Waals surface area contributed by atoms with Gasteiger partial charge in [0, 0.05) is 24.7 Å². The molecule has 1 aliphatic heterocycles. The van der Waals surface area contributed by atoms with E-state index in [1.807, 2.05) is 4.90 Å². The zero-order chi connectivity index (χ0) is 12.1. The van der Waals surface area contributed by atoms with E-state index in [1.54, 1.807) is 12.1 Å². The Bertz CT molecular complexity index is 394. The molecule has 1 aromatic rings. The van der Waals surface area contributed by atoms with Crippen LogP contribution in [0.5, 0.6) is 0 Å². The molecule has 1 aromatic heterocycles. The number of furan rings is 1. The zero-order valence-corrected chi connectivity index (χ0v) is 9.37. The second-order valence-corrected chi connectivity index (χ2v) is 3.84. The standard InChI is InChI=1S/C11H14N2O4/c14-13(15)11(7-10-1-4-17-9-10)8-12-2-5-16-6-3-12/h1,4,7,9H,2-3,5-6,8H2/b11-7-. The minimum atomic E-state index is -0.345. The molecular formula is C11H14N2O4. The van der Waals surface area contributed by atoms with E-state index in [9.17, 15) is 10.1 Å². The van der Waals surface area contributed by atoms with E-state index in [0.29, 0.717) is 25.3 Å². The minimum Gasteiger partial charge on any atom is -0.472 e. The Morgan fingerprint density at radius 1 is 1.53 bits per heavy atom. The lowest BCUT2D eigenvalue weighted by Crippen LogP contribution is -2.38. The highest BCUT2D eigenvalue weighted by Gasteiger charge is 2.18. The van der Waals surface area contributed by atoms with E-state index >= 15 is 0 Å². The van der Waals surface area contributed by atoms with Gasteiger partial charge in [0.1, 0.15) is 0 Å². The predicted molar refractivity (Wildman–Crippen MR) is 60.9 cm³/mol. The van der Waals surface area contributed by atoms with E-state index in [2.05, 4.69) is 0 Å². The molecule has 92 valence electrons. The first-order valence-electron chi connectivity index (χ1n) is 5.43. The van der Waals surface area contributed by atoms with E-state index in [1.165, 1.54) is 12.5 Å². The smallest absolute Gasteiger partial charge is 0.260 e. The van der Waals surface area contributed by atoms with Gasteiger partial charge in [-0.25, -0.2) is 0 Å². The molecule has 6 heteroatoms. The van der Waals surface area contributed by atoms with Gasteiger partial charge >= 0.3 is 0 Å². The van der Waals surface area contributed by atoms with Gasteiger partial charge in [-0.2, -0.15) is 0 Å². The molecule has 0 atom stereocenters. The van der Waals surface area contributed by atoms with Gasteiger partial charge in [0.25, 0.3) is 5.70 Å². The fourth-order valence-corrected chi connectivity index (χ4v) is 1.69. The quantitative estimate of drug-likeness (QED) is 0.583. The fraction of sp³-hybridized carbons (Fsp3) is 0.455. The van der Waals surface area contributed by atoms with Crippen LogP contribution in [0.1, 0.15) is 5.56 Å². The topological polar surface area (TPSA) is 68.8 Å². The SMILES string of the molecule is O=[N+]([O-])/C(=C\c1ccoc1)CN1CCOCC1. The second kappa shape index (κ2) is 5.60. The second-order valence-electron chi connectivity index (χ2n) is 3.84. The molecule has 6 nitrogen and oxygen atoms in total. The number of ether oxygens (including phenoxy) is 1. The number of rotatable bonds is 4. The van der Waals surface area contributed by atoms with Crippen molar-refractivity contribution in [2.45, 2.75) is 0 Å². The summed E-state index contributed by atoms with van der Waals surface area (Å²) >= 11 is 0. The van der Waals surface area contributed by atoms with Crippen molar-refractivity contribution in [3.63, 3.8) is 0 Å². The van der Waals surface area contributed by atoms with Crippen molar-refractivity contribution in [3.8, 4) is 0 Å². The van der Waals surface area contributed by atoms with Crippen molar-refractivity contribution in [1.29, 1.82) is 0 Å². The summed E-state index contributed by atoms with van der Waals surface area (Å²) in [5, 5.41) is 10.9. The van der Waals surface area contributed by atoms with Crippen LogP contribution in [-0.4, -0.2) is 42.7 Å². The zero-order valence-electron chi connectivity index (χ0n) is 9.37. The van der Waals surface area contributed by atoms with Gasteiger partial charge < -0.3 is 9.15 Å². The third-order valence-corrected chi connectivity index (χ3v) is 2.60. The molecular weight excluding hydrogens is 224 g/mol. The van der Waals surface area contributed by atoms with Crippen molar-refractivity contribution in [2.75, 3.05) is 32.8 Å². The molecule has 2 heterocycles. The Morgan fingerprint density at radius 3 is 2.88 bits per heavy atom. The minimum absolute atomic E-state index is 0.174. The van der Waals surface area contributed by atoms with Crippen LogP contribution in [0, 0.1) is 10.1 Å². The molecule has 0 radical (unpaired) electrons. The summed E-state index contributed by atoms with van der Waals surface area (Å²) in [6.45, 7) is 3.07. The number of nitrogens with zero attached hydrogens (tertiary/aromatic N) is 2. The number of nitro groups is 1. The maximum atomic E-state index is 10.9. The van der Waals surface area contributed by atoms with Gasteiger partial charge in [-0.1, -0.05) is 0 Å². The number of morpholine rings is 1. The van der Waals surface area contributed by atoms with E-state index in [-0.39, 0.29) is 10.6 Å². The third-order valence-electron chi connectivity index (χ3n) is 2.60. The van der Waals surface area contributed by atoms with Gasteiger partial charge in [0.15, 0.2) is 0 Å². The molecule has 0 saturated carbocycles. The number of hydrogen-bond acceptors (Lipinski definition) is 5. The first-order chi connectivity index (χ1) is 8.25. The lowest BCUT2D eigenvalue weighted by atomic mass is 10.2. The van der Waals surface area contributed by atoms with Gasteiger partial charge in [0.2, 0.25) is 0 Å². The van der Waals surface area contributed by atoms with Gasteiger partial charge in [-0.05, 0) is 6.07 Å². The molecule has 0 unspecified atom stereocenters. The molecule has 1 saturated heterocycles. The van der Waals surface area contributed by atoms with Crippen molar-refractivity contribution in [3.05, 3.63) is 40.0 Å². The maximum absolute atomic E-state index is 10.9. The molecule has 2 rings (SSSR count). The van der Waals surface area contributed by atoms with Crippen molar-refractivity contribution in [1.82, 2.24) is 4.90 Å².